The summed E-state index contributed by atoms with van der Waals surface area (Å²) in [5.41, 5.74) is 3.63. The largest absolute Gasteiger partial charge is 0.496 e. The second kappa shape index (κ2) is 5.39. The molecule has 2 heteroatoms. The minimum absolute atomic E-state index is 0.897. The maximum absolute atomic E-state index is 5.35. The molecule has 17 heavy (non-hydrogen) atoms. The summed E-state index contributed by atoms with van der Waals surface area (Å²) in [6, 6.07) is 16.6. The average molecular weight is 227 g/mol. The fourth-order valence-electron chi connectivity index (χ4n) is 1.86. The molecule has 0 saturated heterocycles. The summed E-state index contributed by atoms with van der Waals surface area (Å²) in [7, 11) is 3.64. The average Bonchev–Trinajstić information content (AvgIpc) is 2.40. The van der Waals surface area contributed by atoms with E-state index < -0.39 is 0 Å². The van der Waals surface area contributed by atoms with Gasteiger partial charge in [-0.2, -0.15) is 0 Å². The molecule has 2 aromatic rings. The van der Waals surface area contributed by atoms with Gasteiger partial charge in [0, 0.05) is 19.2 Å². The number of ether oxygens (including phenoxy) is 1. The summed E-state index contributed by atoms with van der Waals surface area (Å²) >= 11 is 0. The van der Waals surface area contributed by atoms with Gasteiger partial charge in [-0.05, 0) is 29.3 Å². The summed E-state index contributed by atoms with van der Waals surface area (Å²) in [6.45, 7) is 0. The van der Waals surface area contributed by atoms with Crippen molar-refractivity contribution in [1.29, 1.82) is 0 Å². The highest BCUT2D eigenvalue weighted by atomic mass is 16.5. The minimum atomic E-state index is 0.897. The molecule has 0 aromatic heterocycles. The molecule has 0 aliphatic rings. The van der Waals surface area contributed by atoms with Crippen LogP contribution >= 0.6 is 0 Å². The third-order valence-electron chi connectivity index (χ3n) is 2.83. The Labute approximate surface area is 102 Å². The van der Waals surface area contributed by atoms with Gasteiger partial charge in [-0.25, -0.2) is 0 Å². The summed E-state index contributed by atoms with van der Waals surface area (Å²) < 4.78 is 5.35. The van der Waals surface area contributed by atoms with Crippen LogP contribution in [0.2, 0.25) is 0 Å². The van der Waals surface area contributed by atoms with Gasteiger partial charge in [-0.1, -0.05) is 30.3 Å². The molecule has 0 spiro atoms. The molecule has 0 radical (unpaired) electrons. The van der Waals surface area contributed by atoms with Crippen molar-refractivity contribution in [2.24, 2.45) is 0 Å². The van der Waals surface area contributed by atoms with Crippen LogP contribution in [0.15, 0.2) is 48.5 Å². The SMILES string of the molecule is CNc1ccc(Cc2ccccc2OC)cc1. The second-order valence-corrected chi connectivity index (χ2v) is 3.94. The molecule has 0 unspecified atom stereocenters. The zero-order valence-electron chi connectivity index (χ0n) is 10.2. The van der Waals surface area contributed by atoms with Gasteiger partial charge in [0.15, 0.2) is 0 Å². The van der Waals surface area contributed by atoms with Crippen LogP contribution in [-0.4, -0.2) is 14.2 Å². The van der Waals surface area contributed by atoms with E-state index in [1.807, 2.05) is 25.2 Å². The van der Waals surface area contributed by atoms with Gasteiger partial charge in [-0.3, -0.25) is 0 Å². The van der Waals surface area contributed by atoms with E-state index in [-0.39, 0.29) is 0 Å². The first kappa shape index (κ1) is 11.5. The number of hydrogen-bond donors (Lipinski definition) is 1. The Morgan fingerprint density at radius 3 is 2.35 bits per heavy atom. The Kier molecular flexibility index (Phi) is 3.66. The van der Waals surface area contributed by atoms with Crippen molar-refractivity contribution in [1.82, 2.24) is 0 Å². The third kappa shape index (κ3) is 2.78. The number of hydrogen-bond acceptors (Lipinski definition) is 2. The number of anilines is 1. The molecule has 1 N–H and O–H groups in total. The van der Waals surface area contributed by atoms with Crippen molar-refractivity contribution < 1.29 is 4.74 Å². The molecule has 0 heterocycles. The summed E-state index contributed by atoms with van der Waals surface area (Å²) in [5.74, 6) is 0.949. The molecule has 2 aromatic carbocycles. The molecular formula is C15H17NO. The van der Waals surface area contributed by atoms with E-state index in [9.17, 15) is 0 Å². The van der Waals surface area contributed by atoms with Crippen LogP contribution in [0.25, 0.3) is 0 Å². The molecule has 0 saturated carbocycles. The number of rotatable bonds is 4. The first-order valence-electron chi connectivity index (χ1n) is 5.72. The fourth-order valence-corrected chi connectivity index (χ4v) is 1.86. The highest BCUT2D eigenvalue weighted by Gasteiger charge is 2.02. The zero-order valence-corrected chi connectivity index (χ0v) is 10.2. The van der Waals surface area contributed by atoms with Crippen LogP contribution < -0.4 is 10.1 Å². The zero-order chi connectivity index (χ0) is 12.1. The lowest BCUT2D eigenvalue weighted by atomic mass is 10.0. The topological polar surface area (TPSA) is 21.3 Å². The van der Waals surface area contributed by atoms with Crippen molar-refractivity contribution in [3.63, 3.8) is 0 Å². The van der Waals surface area contributed by atoms with Crippen LogP contribution in [0, 0.1) is 0 Å². The van der Waals surface area contributed by atoms with Crippen molar-refractivity contribution in [2.75, 3.05) is 19.5 Å². The molecular weight excluding hydrogens is 210 g/mol. The normalized spacial score (nSPS) is 10.0. The Balaban J connectivity index is 2.19. The Morgan fingerprint density at radius 1 is 1.00 bits per heavy atom. The molecule has 2 rings (SSSR count). The van der Waals surface area contributed by atoms with Gasteiger partial charge < -0.3 is 10.1 Å². The molecule has 0 atom stereocenters. The number of para-hydroxylation sites is 1. The molecule has 0 amide bonds. The maximum Gasteiger partial charge on any atom is 0.122 e. The molecule has 0 fully saturated rings. The second-order valence-electron chi connectivity index (χ2n) is 3.94. The maximum atomic E-state index is 5.35. The lowest BCUT2D eigenvalue weighted by molar-refractivity contribution is 0.410. The van der Waals surface area contributed by atoms with E-state index in [4.69, 9.17) is 4.74 Å². The van der Waals surface area contributed by atoms with Crippen LogP contribution in [-0.2, 0) is 6.42 Å². The summed E-state index contributed by atoms with van der Waals surface area (Å²) in [5, 5.41) is 3.12. The first-order chi connectivity index (χ1) is 8.33. The number of methoxy groups -OCH3 is 1. The lowest BCUT2D eigenvalue weighted by Gasteiger charge is -2.08. The highest BCUT2D eigenvalue weighted by molar-refractivity contribution is 5.45. The number of benzene rings is 2. The van der Waals surface area contributed by atoms with Crippen molar-refractivity contribution in [2.45, 2.75) is 6.42 Å². The molecule has 0 bridgehead atoms. The third-order valence-corrected chi connectivity index (χ3v) is 2.83. The van der Waals surface area contributed by atoms with Gasteiger partial charge in [-0.15, -0.1) is 0 Å². The van der Waals surface area contributed by atoms with E-state index in [1.165, 1.54) is 11.1 Å². The predicted octanol–water partition coefficient (Wildman–Crippen LogP) is 3.33. The van der Waals surface area contributed by atoms with Crippen LogP contribution in [0.3, 0.4) is 0 Å². The quantitative estimate of drug-likeness (QED) is 0.865. The summed E-state index contributed by atoms with van der Waals surface area (Å²) in [4.78, 5) is 0. The van der Waals surface area contributed by atoms with Gasteiger partial charge in [0.2, 0.25) is 0 Å². The Bertz CT molecular complexity index is 477. The van der Waals surface area contributed by atoms with Gasteiger partial charge in [0.05, 0.1) is 7.11 Å². The van der Waals surface area contributed by atoms with E-state index in [1.54, 1.807) is 7.11 Å². The Hall–Kier alpha value is -1.96. The van der Waals surface area contributed by atoms with Gasteiger partial charge in [0.1, 0.15) is 5.75 Å². The monoisotopic (exact) mass is 227 g/mol. The molecule has 0 aliphatic carbocycles. The number of nitrogens with one attached hydrogen (secondary N) is 1. The Morgan fingerprint density at radius 2 is 1.71 bits per heavy atom. The fraction of sp³-hybridized carbons (Fsp3) is 0.200. The van der Waals surface area contributed by atoms with E-state index in [0.717, 1.165) is 17.9 Å². The van der Waals surface area contributed by atoms with E-state index >= 15 is 0 Å². The van der Waals surface area contributed by atoms with Gasteiger partial charge in [0.25, 0.3) is 0 Å². The van der Waals surface area contributed by atoms with Crippen molar-refractivity contribution >= 4 is 5.69 Å². The standard InChI is InChI=1S/C15H17NO/c1-16-14-9-7-12(8-10-14)11-13-5-3-4-6-15(13)17-2/h3-10,16H,11H2,1-2H3. The lowest BCUT2D eigenvalue weighted by Crippen LogP contribution is -1.94. The minimum Gasteiger partial charge on any atom is -0.496 e. The van der Waals surface area contributed by atoms with Crippen LogP contribution in [0.1, 0.15) is 11.1 Å². The molecule has 88 valence electrons. The molecule has 0 aliphatic heterocycles. The van der Waals surface area contributed by atoms with Crippen LogP contribution in [0.5, 0.6) is 5.75 Å². The highest BCUT2D eigenvalue weighted by Crippen LogP contribution is 2.21. The smallest absolute Gasteiger partial charge is 0.122 e. The first-order valence-corrected chi connectivity index (χ1v) is 5.72. The van der Waals surface area contributed by atoms with E-state index in [2.05, 4.69) is 35.6 Å². The molecule has 2 nitrogen and oxygen atoms in total. The van der Waals surface area contributed by atoms with E-state index in [0.29, 0.717) is 0 Å². The summed E-state index contributed by atoms with van der Waals surface area (Å²) in [6.07, 6.45) is 0.897. The van der Waals surface area contributed by atoms with Crippen LogP contribution in [0.4, 0.5) is 5.69 Å². The van der Waals surface area contributed by atoms with Crippen molar-refractivity contribution in [3.8, 4) is 5.75 Å². The van der Waals surface area contributed by atoms with Crippen molar-refractivity contribution in [3.05, 3.63) is 59.7 Å². The predicted molar refractivity (Wildman–Crippen MR) is 71.8 cm³/mol. The van der Waals surface area contributed by atoms with Gasteiger partial charge >= 0.3 is 0 Å².